The van der Waals surface area contributed by atoms with E-state index in [1.807, 2.05) is 16.8 Å². The van der Waals surface area contributed by atoms with Crippen LogP contribution in [0, 0.1) is 5.92 Å². The molecule has 0 spiro atoms. The van der Waals surface area contributed by atoms with Gasteiger partial charge in [0, 0.05) is 18.9 Å². The van der Waals surface area contributed by atoms with Gasteiger partial charge in [-0.2, -0.15) is 0 Å². The van der Waals surface area contributed by atoms with Crippen molar-refractivity contribution in [1.29, 1.82) is 0 Å². The van der Waals surface area contributed by atoms with Crippen molar-refractivity contribution in [2.45, 2.75) is 25.7 Å². The maximum Gasteiger partial charge on any atom is 0.180 e. The second-order valence-electron chi connectivity index (χ2n) is 4.79. The fourth-order valence-electron chi connectivity index (χ4n) is 2.30. The van der Waals surface area contributed by atoms with E-state index in [0.717, 1.165) is 23.9 Å². The Hall–Kier alpha value is -1.82. The summed E-state index contributed by atoms with van der Waals surface area (Å²) in [6.07, 6.45) is 10.8. The second kappa shape index (κ2) is 4.81. The fraction of sp³-hybridized carbons (Fsp3) is 0.500. The lowest BCUT2D eigenvalue weighted by Gasteiger charge is -2.25. The molecule has 18 heavy (non-hydrogen) atoms. The number of hydrazine groups is 1. The summed E-state index contributed by atoms with van der Waals surface area (Å²) < 4.78 is 1.91. The van der Waals surface area contributed by atoms with E-state index in [4.69, 9.17) is 5.84 Å². The zero-order valence-electron chi connectivity index (χ0n) is 10.3. The average Bonchev–Trinajstić information content (AvgIpc) is 2.80. The number of aromatic nitrogens is 3. The molecule has 1 fully saturated rings. The number of nitrogens with two attached hydrogens (primary N) is 1. The second-order valence-corrected chi connectivity index (χ2v) is 4.79. The Morgan fingerprint density at radius 2 is 2.33 bits per heavy atom. The van der Waals surface area contributed by atoms with Gasteiger partial charge in [0.2, 0.25) is 0 Å². The van der Waals surface area contributed by atoms with Crippen LogP contribution in [0.25, 0.3) is 5.65 Å². The summed E-state index contributed by atoms with van der Waals surface area (Å²) in [7, 11) is 0. The highest BCUT2D eigenvalue weighted by Gasteiger charge is 2.16. The van der Waals surface area contributed by atoms with Crippen molar-refractivity contribution in [1.82, 2.24) is 14.4 Å². The minimum atomic E-state index is 0.631. The number of fused-ring (bicyclic) bond motifs is 1. The summed E-state index contributed by atoms with van der Waals surface area (Å²) in [6.45, 7) is 0.939. The summed E-state index contributed by atoms with van der Waals surface area (Å²) >= 11 is 0. The molecule has 4 N–H and O–H groups in total. The van der Waals surface area contributed by atoms with Gasteiger partial charge in [-0.1, -0.05) is 19.3 Å². The van der Waals surface area contributed by atoms with Crippen LogP contribution >= 0.6 is 0 Å². The number of anilines is 2. The van der Waals surface area contributed by atoms with Gasteiger partial charge in [0.15, 0.2) is 17.3 Å². The van der Waals surface area contributed by atoms with Crippen LogP contribution in [0.2, 0.25) is 0 Å². The molecule has 2 heterocycles. The molecule has 0 aromatic carbocycles. The first-order valence-electron chi connectivity index (χ1n) is 6.41. The summed E-state index contributed by atoms with van der Waals surface area (Å²) in [4.78, 5) is 8.70. The molecule has 2 aromatic heterocycles. The SMILES string of the molecule is NNc1cn2ccnc2c(NCCC2CCC2)n1. The first-order chi connectivity index (χ1) is 8.86. The van der Waals surface area contributed by atoms with Crippen molar-refractivity contribution < 1.29 is 0 Å². The summed E-state index contributed by atoms with van der Waals surface area (Å²) in [6, 6.07) is 0. The zero-order valence-corrected chi connectivity index (χ0v) is 10.3. The molecule has 96 valence electrons. The van der Waals surface area contributed by atoms with Crippen LogP contribution in [-0.2, 0) is 0 Å². The van der Waals surface area contributed by atoms with Crippen LogP contribution < -0.4 is 16.6 Å². The van der Waals surface area contributed by atoms with E-state index >= 15 is 0 Å². The molecular weight excluding hydrogens is 228 g/mol. The molecule has 1 aliphatic rings. The minimum Gasteiger partial charge on any atom is -0.367 e. The lowest BCUT2D eigenvalue weighted by Crippen LogP contribution is -2.17. The predicted molar refractivity (Wildman–Crippen MR) is 71.2 cm³/mol. The summed E-state index contributed by atoms with van der Waals surface area (Å²) in [5, 5.41) is 3.36. The molecule has 6 nitrogen and oxygen atoms in total. The zero-order chi connectivity index (χ0) is 12.4. The third kappa shape index (κ3) is 2.11. The van der Waals surface area contributed by atoms with E-state index in [1.165, 1.54) is 25.7 Å². The molecule has 0 atom stereocenters. The van der Waals surface area contributed by atoms with E-state index in [9.17, 15) is 0 Å². The first kappa shape index (κ1) is 11.3. The molecule has 0 aliphatic heterocycles. The van der Waals surface area contributed by atoms with Crippen LogP contribution in [0.15, 0.2) is 18.6 Å². The van der Waals surface area contributed by atoms with Gasteiger partial charge in [-0.15, -0.1) is 0 Å². The van der Waals surface area contributed by atoms with E-state index in [0.29, 0.717) is 5.82 Å². The number of nitrogens with one attached hydrogen (secondary N) is 2. The Morgan fingerprint density at radius 3 is 3.06 bits per heavy atom. The van der Waals surface area contributed by atoms with Crippen molar-refractivity contribution >= 4 is 17.3 Å². The highest BCUT2D eigenvalue weighted by molar-refractivity contribution is 5.65. The Bertz CT molecular complexity index is 530. The third-order valence-electron chi connectivity index (χ3n) is 3.59. The van der Waals surface area contributed by atoms with E-state index in [-0.39, 0.29) is 0 Å². The van der Waals surface area contributed by atoms with Crippen molar-refractivity contribution in [2.75, 3.05) is 17.3 Å². The molecular formula is C12H18N6. The van der Waals surface area contributed by atoms with Crippen LogP contribution in [0.1, 0.15) is 25.7 Å². The van der Waals surface area contributed by atoms with Crippen LogP contribution in [0.3, 0.4) is 0 Å². The number of nitrogens with zero attached hydrogens (tertiary/aromatic N) is 3. The van der Waals surface area contributed by atoms with Gasteiger partial charge < -0.3 is 15.1 Å². The Kier molecular flexibility index (Phi) is 3.02. The van der Waals surface area contributed by atoms with Crippen LogP contribution in [0.4, 0.5) is 11.6 Å². The van der Waals surface area contributed by atoms with Gasteiger partial charge in [-0.3, -0.25) is 0 Å². The Morgan fingerprint density at radius 1 is 1.44 bits per heavy atom. The first-order valence-corrected chi connectivity index (χ1v) is 6.41. The molecule has 6 heteroatoms. The van der Waals surface area contributed by atoms with Gasteiger partial charge in [0.1, 0.15) is 0 Å². The van der Waals surface area contributed by atoms with E-state index in [1.54, 1.807) is 6.20 Å². The predicted octanol–water partition coefficient (Wildman–Crippen LogP) is 1.62. The van der Waals surface area contributed by atoms with E-state index < -0.39 is 0 Å². The molecule has 0 bridgehead atoms. The highest BCUT2D eigenvalue weighted by atomic mass is 15.3. The van der Waals surface area contributed by atoms with Crippen LogP contribution in [-0.4, -0.2) is 20.9 Å². The van der Waals surface area contributed by atoms with Crippen molar-refractivity contribution in [2.24, 2.45) is 11.8 Å². The molecule has 0 amide bonds. The summed E-state index contributed by atoms with van der Waals surface area (Å²) in [5.41, 5.74) is 3.41. The molecule has 0 radical (unpaired) electrons. The normalized spacial score (nSPS) is 15.6. The van der Waals surface area contributed by atoms with E-state index in [2.05, 4.69) is 20.7 Å². The quantitative estimate of drug-likeness (QED) is 0.552. The lowest BCUT2D eigenvalue weighted by atomic mass is 9.83. The Balaban J connectivity index is 1.74. The number of imidazole rings is 1. The van der Waals surface area contributed by atoms with Gasteiger partial charge in [0.25, 0.3) is 0 Å². The third-order valence-corrected chi connectivity index (χ3v) is 3.59. The number of nitrogen functional groups attached to an aromatic ring is 1. The van der Waals surface area contributed by atoms with Crippen molar-refractivity contribution in [3.8, 4) is 0 Å². The number of hydrogen-bond donors (Lipinski definition) is 3. The maximum absolute atomic E-state index is 5.41. The van der Waals surface area contributed by atoms with Crippen LogP contribution in [0.5, 0.6) is 0 Å². The summed E-state index contributed by atoms with van der Waals surface area (Å²) in [5.74, 6) is 7.72. The molecule has 1 aliphatic carbocycles. The molecule has 0 saturated heterocycles. The lowest BCUT2D eigenvalue weighted by molar-refractivity contribution is 0.303. The minimum absolute atomic E-state index is 0.631. The average molecular weight is 246 g/mol. The standard InChI is InChI=1S/C12H18N6/c13-17-10-8-18-7-6-15-12(18)11(16-10)14-5-4-9-2-1-3-9/h6-9,17H,1-5,13H2,(H,14,16). The van der Waals surface area contributed by atoms with Crippen molar-refractivity contribution in [3.63, 3.8) is 0 Å². The van der Waals surface area contributed by atoms with Gasteiger partial charge in [-0.25, -0.2) is 15.8 Å². The smallest absolute Gasteiger partial charge is 0.180 e. The van der Waals surface area contributed by atoms with Crippen molar-refractivity contribution in [3.05, 3.63) is 18.6 Å². The molecule has 3 rings (SSSR count). The maximum atomic E-state index is 5.41. The monoisotopic (exact) mass is 246 g/mol. The molecule has 2 aromatic rings. The van der Waals surface area contributed by atoms with Gasteiger partial charge in [-0.05, 0) is 12.3 Å². The number of rotatable bonds is 5. The Labute approximate surface area is 106 Å². The largest absolute Gasteiger partial charge is 0.367 e. The molecule has 0 unspecified atom stereocenters. The highest BCUT2D eigenvalue weighted by Crippen LogP contribution is 2.29. The fourth-order valence-corrected chi connectivity index (χ4v) is 2.30. The van der Waals surface area contributed by atoms with Gasteiger partial charge in [0.05, 0.1) is 6.20 Å². The molecule has 1 saturated carbocycles. The number of hydrogen-bond acceptors (Lipinski definition) is 5. The van der Waals surface area contributed by atoms with Gasteiger partial charge >= 0.3 is 0 Å². The topological polar surface area (TPSA) is 80.3 Å².